The summed E-state index contributed by atoms with van der Waals surface area (Å²) in [6.07, 6.45) is 1.78. The average molecular weight is 414 g/mol. The van der Waals surface area contributed by atoms with Gasteiger partial charge in [0.2, 0.25) is 5.91 Å². The van der Waals surface area contributed by atoms with Crippen LogP contribution in [0.2, 0.25) is 0 Å². The second-order valence-electron chi connectivity index (χ2n) is 7.49. The van der Waals surface area contributed by atoms with E-state index in [0.717, 1.165) is 11.3 Å². The normalized spacial score (nSPS) is 17.4. The number of hydrogen-bond acceptors (Lipinski definition) is 4. The van der Waals surface area contributed by atoms with E-state index in [-0.39, 0.29) is 18.1 Å². The Kier molecular flexibility index (Phi) is 6.42. The van der Waals surface area contributed by atoms with Crippen LogP contribution < -0.4 is 9.64 Å². The maximum Gasteiger partial charge on any atom is 0.231 e. The summed E-state index contributed by atoms with van der Waals surface area (Å²) < 4.78 is 29.4. The van der Waals surface area contributed by atoms with E-state index in [1.54, 1.807) is 11.0 Å². The van der Waals surface area contributed by atoms with E-state index >= 15 is 0 Å². The van der Waals surface area contributed by atoms with Gasteiger partial charge in [-0.15, -0.1) is 0 Å². The number of rotatable bonds is 7. The number of anilines is 1. The van der Waals surface area contributed by atoms with Crippen LogP contribution in [0.4, 0.5) is 5.69 Å². The molecule has 0 aliphatic carbocycles. The molecule has 0 unspecified atom stereocenters. The van der Waals surface area contributed by atoms with Crippen LogP contribution in [0.25, 0.3) is 0 Å². The van der Waals surface area contributed by atoms with Gasteiger partial charge < -0.3 is 9.64 Å². The summed E-state index contributed by atoms with van der Waals surface area (Å²) in [5.41, 5.74) is 2.73. The fourth-order valence-electron chi connectivity index (χ4n) is 3.39. The minimum Gasteiger partial charge on any atom is -0.494 e. The van der Waals surface area contributed by atoms with E-state index in [9.17, 15) is 13.2 Å². The van der Waals surface area contributed by atoms with Crippen molar-refractivity contribution >= 4 is 21.4 Å². The van der Waals surface area contributed by atoms with Gasteiger partial charge in [0.1, 0.15) is 5.75 Å². The molecule has 1 heterocycles. The predicted molar refractivity (Wildman–Crippen MR) is 116 cm³/mol. The molecule has 1 aliphatic heterocycles. The van der Waals surface area contributed by atoms with Crippen LogP contribution in [-0.2, 0) is 21.1 Å². The van der Waals surface area contributed by atoms with Crippen molar-refractivity contribution in [3.05, 3.63) is 71.1 Å². The number of carbonyl (C=O) groups is 1. The molecule has 1 aliphatic rings. The minimum atomic E-state index is -3.28. The lowest BCUT2D eigenvalue weighted by atomic mass is 10.0. The molecule has 6 heteroatoms. The zero-order valence-corrected chi connectivity index (χ0v) is 17.9. The molecule has 29 heavy (non-hydrogen) atoms. The van der Waals surface area contributed by atoms with Crippen molar-refractivity contribution in [3.8, 4) is 5.75 Å². The highest BCUT2D eigenvalue weighted by molar-refractivity contribution is 7.94. The van der Waals surface area contributed by atoms with Crippen molar-refractivity contribution in [3.63, 3.8) is 0 Å². The van der Waals surface area contributed by atoms with Gasteiger partial charge in [0.25, 0.3) is 0 Å². The van der Waals surface area contributed by atoms with E-state index in [1.165, 1.54) is 11.0 Å². The number of carbonyl (C=O) groups excluding carboxylic acids is 1. The number of nitrogens with zero attached hydrogens (tertiary/aromatic N) is 1. The summed E-state index contributed by atoms with van der Waals surface area (Å²) in [6, 6.07) is 14.7. The van der Waals surface area contributed by atoms with Crippen LogP contribution in [0.3, 0.4) is 0 Å². The summed E-state index contributed by atoms with van der Waals surface area (Å²) in [4.78, 5) is 14.8. The van der Waals surface area contributed by atoms with Crippen LogP contribution in [-0.4, -0.2) is 32.7 Å². The summed E-state index contributed by atoms with van der Waals surface area (Å²) in [5, 5.41) is 1.21. The molecule has 0 N–H and O–H groups in total. The van der Waals surface area contributed by atoms with E-state index in [1.807, 2.05) is 55.5 Å². The van der Waals surface area contributed by atoms with Gasteiger partial charge in [-0.1, -0.05) is 38.1 Å². The lowest BCUT2D eigenvalue weighted by Crippen LogP contribution is -2.42. The molecule has 5 nitrogen and oxygen atoms in total. The fraction of sp³-hybridized carbons (Fsp3) is 0.348. The maximum absolute atomic E-state index is 13.2. The third kappa shape index (κ3) is 5.26. The fourth-order valence-corrected chi connectivity index (χ4v) is 4.66. The molecule has 2 aromatic carbocycles. The van der Waals surface area contributed by atoms with Crippen LogP contribution in [0, 0.1) is 0 Å². The summed E-state index contributed by atoms with van der Waals surface area (Å²) in [5.74, 6) is 0.908. The van der Waals surface area contributed by atoms with Crippen molar-refractivity contribution in [2.45, 2.75) is 39.2 Å². The van der Waals surface area contributed by atoms with Crippen molar-refractivity contribution in [1.82, 2.24) is 0 Å². The third-order valence-electron chi connectivity index (χ3n) is 4.94. The number of sulfone groups is 1. The molecular weight excluding hydrogens is 386 g/mol. The average Bonchev–Trinajstić information content (AvgIpc) is 3.03. The Morgan fingerprint density at radius 2 is 1.76 bits per heavy atom. The first kappa shape index (κ1) is 21.1. The van der Waals surface area contributed by atoms with E-state index in [2.05, 4.69) is 13.8 Å². The van der Waals surface area contributed by atoms with Crippen LogP contribution >= 0.6 is 0 Å². The zero-order valence-electron chi connectivity index (χ0n) is 17.0. The zero-order chi connectivity index (χ0) is 21.0. The topological polar surface area (TPSA) is 63.7 Å². The van der Waals surface area contributed by atoms with Crippen LogP contribution in [0.1, 0.15) is 37.8 Å². The predicted octanol–water partition coefficient (Wildman–Crippen LogP) is 4.10. The number of hydrogen-bond donors (Lipinski definition) is 0. The van der Waals surface area contributed by atoms with E-state index in [4.69, 9.17) is 4.74 Å². The quantitative estimate of drug-likeness (QED) is 0.686. The SMILES string of the molecule is CCOc1ccc(CC(=O)N(c2ccc(C(C)C)cc2)[C@@H]2C=CS(=O)(=O)C2)cc1. The Bertz CT molecular complexity index is 977. The van der Waals surface area contributed by atoms with Crippen molar-refractivity contribution < 1.29 is 17.9 Å². The highest BCUT2D eigenvalue weighted by atomic mass is 32.2. The maximum atomic E-state index is 13.2. The van der Waals surface area contributed by atoms with Gasteiger partial charge in [0, 0.05) is 11.1 Å². The summed E-state index contributed by atoms with van der Waals surface area (Å²) in [6.45, 7) is 6.72. The Balaban J connectivity index is 1.86. The highest BCUT2D eigenvalue weighted by Gasteiger charge is 2.31. The van der Waals surface area contributed by atoms with Gasteiger partial charge in [-0.05, 0) is 54.3 Å². The lowest BCUT2D eigenvalue weighted by molar-refractivity contribution is -0.118. The Hall–Kier alpha value is -2.60. The Labute approximate surface area is 172 Å². The number of amides is 1. The second-order valence-corrected chi connectivity index (χ2v) is 9.42. The molecule has 3 rings (SSSR count). The number of ether oxygens (including phenoxy) is 1. The highest BCUT2D eigenvalue weighted by Crippen LogP contribution is 2.26. The molecule has 2 aromatic rings. The van der Waals surface area contributed by atoms with Gasteiger partial charge in [-0.3, -0.25) is 4.79 Å². The van der Waals surface area contributed by atoms with Gasteiger partial charge in [0.15, 0.2) is 9.84 Å². The molecule has 0 spiro atoms. The first-order valence-electron chi connectivity index (χ1n) is 9.84. The second kappa shape index (κ2) is 8.82. The molecule has 1 amide bonds. The number of benzene rings is 2. The standard InChI is InChI=1S/C23H27NO4S/c1-4-28-22-11-5-18(6-12-22)15-23(25)24(21-13-14-29(26,27)16-21)20-9-7-19(8-10-20)17(2)3/h5-14,17,21H,4,15-16H2,1-3H3/t21-/m1/s1. The Morgan fingerprint density at radius 1 is 1.10 bits per heavy atom. The minimum absolute atomic E-state index is 0.0893. The van der Waals surface area contributed by atoms with Gasteiger partial charge in [0.05, 0.1) is 24.8 Å². The molecule has 0 saturated heterocycles. The molecule has 0 bridgehead atoms. The van der Waals surface area contributed by atoms with E-state index in [0.29, 0.717) is 18.2 Å². The van der Waals surface area contributed by atoms with E-state index < -0.39 is 15.9 Å². The molecule has 0 aromatic heterocycles. The molecule has 0 saturated carbocycles. The van der Waals surface area contributed by atoms with Gasteiger partial charge >= 0.3 is 0 Å². The monoisotopic (exact) mass is 413 g/mol. The third-order valence-corrected chi connectivity index (χ3v) is 6.32. The van der Waals surface area contributed by atoms with Crippen LogP contribution in [0.5, 0.6) is 5.75 Å². The van der Waals surface area contributed by atoms with Crippen molar-refractivity contribution in [2.24, 2.45) is 0 Å². The first-order valence-corrected chi connectivity index (χ1v) is 11.6. The smallest absolute Gasteiger partial charge is 0.231 e. The molecular formula is C23H27NO4S. The summed E-state index contributed by atoms with van der Waals surface area (Å²) >= 11 is 0. The molecule has 0 radical (unpaired) electrons. The van der Waals surface area contributed by atoms with Gasteiger partial charge in [-0.2, -0.15) is 0 Å². The van der Waals surface area contributed by atoms with Gasteiger partial charge in [-0.25, -0.2) is 8.42 Å². The first-order chi connectivity index (χ1) is 13.8. The summed E-state index contributed by atoms with van der Waals surface area (Å²) in [7, 11) is -3.28. The van der Waals surface area contributed by atoms with Crippen molar-refractivity contribution in [1.29, 1.82) is 0 Å². The molecule has 1 atom stereocenters. The Morgan fingerprint density at radius 3 is 2.28 bits per heavy atom. The largest absolute Gasteiger partial charge is 0.494 e. The van der Waals surface area contributed by atoms with Crippen molar-refractivity contribution in [2.75, 3.05) is 17.3 Å². The van der Waals surface area contributed by atoms with Crippen LogP contribution in [0.15, 0.2) is 60.0 Å². The lowest BCUT2D eigenvalue weighted by Gasteiger charge is -2.28. The molecule has 154 valence electrons. The molecule has 0 fully saturated rings.